The minimum Gasteiger partial charge on any atom is -0.479 e. The maximum Gasteiger partial charge on any atom is 0.349 e. The van der Waals surface area contributed by atoms with E-state index in [0.29, 0.717) is 71.7 Å². The number of benzene rings is 3. The lowest BCUT2D eigenvalue weighted by Crippen LogP contribution is -2.55. The SMILES string of the molecule is CC1(C)C[C@@H](Nc2cccc(-c3sc(C(=O)O)c(OCC(=O)O)c3Cl)c2)CCN1S(=O)(=O)Cc1cccc(NC(=O)N2CCC(c3ccc4c(c3)n(C3CC3)c(=O)n4C3CCC(=O)NC3=O)CC2)c1. The zero-order valence-corrected chi connectivity index (χ0v) is 40.3. The highest BCUT2D eigenvalue weighted by Crippen LogP contribution is 2.46. The molecule has 69 heavy (non-hydrogen) atoms. The number of imide groups is 1. The van der Waals surface area contributed by atoms with E-state index in [0.717, 1.165) is 35.3 Å². The zero-order chi connectivity index (χ0) is 48.9. The second-order valence-corrected chi connectivity index (χ2v) is 22.1. The van der Waals surface area contributed by atoms with Crippen molar-refractivity contribution in [2.45, 2.75) is 101 Å². The lowest BCUT2D eigenvalue weighted by atomic mass is 9.89. The molecule has 4 fully saturated rings. The molecule has 2 atom stereocenters. The van der Waals surface area contributed by atoms with E-state index < -0.39 is 46.1 Å². The first-order valence-corrected chi connectivity index (χ1v) is 25.7. The third-order valence-electron chi connectivity index (χ3n) is 13.4. The van der Waals surface area contributed by atoms with Gasteiger partial charge in [0.05, 0.1) is 21.7 Å². The van der Waals surface area contributed by atoms with Gasteiger partial charge in [0.25, 0.3) is 0 Å². The standard InChI is InChI=1S/C48H52ClN7O11S2/c1-48(2)24-33(50-32-8-4-6-30(22-32)42-40(49)41(67-25-39(58)59)43(68-42)45(61)62)17-20-54(48)69(65,66)26-27-5-3-7-31(21-27)51-46(63)53-18-15-28(16-19-53)29-9-12-35-37(23-29)55(34-10-11-34)47(64)56(35)36-13-14-38(57)52-44(36)60/h3-9,12,21-23,28,33-34,36,50H,10-11,13-20,24-26H2,1-2H3,(H,51,63)(H,58,59)(H,61,62)(H,52,57,60)/t33-,36?/m0/s1. The molecule has 0 bridgehead atoms. The van der Waals surface area contributed by atoms with E-state index in [1.165, 1.54) is 8.87 Å². The molecule has 4 amide bonds. The van der Waals surface area contributed by atoms with Gasteiger partial charge in [-0.25, -0.2) is 27.6 Å². The Kier molecular flexibility index (Phi) is 13.1. The Hall–Kier alpha value is -6.22. The number of hydrogen-bond donors (Lipinski definition) is 5. The summed E-state index contributed by atoms with van der Waals surface area (Å²) in [4.78, 5) is 76.9. The fourth-order valence-electron chi connectivity index (χ4n) is 10.1. The maximum absolute atomic E-state index is 14.1. The number of nitrogens with one attached hydrogen (secondary N) is 3. The predicted octanol–water partition coefficient (Wildman–Crippen LogP) is 7.26. The number of anilines is 2. The number of ether oxygens (including phenoxy) is 1. The van der Waals surface area contributed by atoms with Gasteiger partial charge in [-0.15, -0.1) is 11.3 Å². The quantitative estimate of drug-likeness (QED) is 0.0692. The number of fused-ring (bicyclic) bond motifs is 1. The molecular weight excluding hydrogens is 950 g/mol. The number of piperidine rings is 3. The Bertz CT molecular complexity index is 3060. The van der Waals surface area contributed by atoms with E-state index in [1.54, 1.807) is 51.9 Å². The summed E-state index contributed by atoms with van der Waals surface area (Å²) in [5.41, 5.74) is 3.82. The fourth-order valence-corrected chi connectivity index (χ4v) is 13.4. The summed E-state index contributed by atoms with van der Waals surface area (Å²) in [5.74, 6) is -3.70. The molecule has 3 saturated heterocycles. The first kappa shape index (κ1) is 47.8. The second kappa shape index (κ2) is 18.9. The van der Waals surface area contributed by atoms with E-state index in [4.69, 9.17) is 21.4 Å². The molecule has 2 aromatic heterocycles. The summed E-state index contributed by atoms with van der Waals surface area (Å²) in [5, 5.41) is 27.6. The Morgan fingerprint density at radius 3 is 2.32 bits per heavy atom. The Balaban J connectivity index is 0.800. The van der Waals surface area contributed by atoms with E-state index in [-0.39, 0.29) is 76.4 Å². The first-order chi connectivity index (χ1) is 32.9. The Morgan fingerprint density at radius 2 is 1.62 bits per heavy atom. The number of carboxylic acids is 2. The Morgan fingerprint density at radius 1 is 0.884 bits per heavy atom. The van der Waals surface area contributed by atoms with E-state index in [9.17, 15) is 42.3 Å². The third-order valence-corrected chi connectivity index (χ3v) is 17.1. The summed E-state index contributed by atoms with van der Waals surface area (Å²) in [7, 11) is -3.81. The molecule has 4 aliphatic rings. The van der Waals surface area contributed by atoms with Crippen molar-refractivity contribution in [3.63, 3.8) is 0 Å². The molecule has 5 heterocycles. The van der Waals surface area contributed by atoms with Crippen molar-refractivity contribution < 1.29 is 47.3 Å². The van der Waals surface area contributed by atoms with Gasteiger partial charge in [-0.05, 0) is 118 Å². The van der Waals surface area contributed by atoms with Crippen LogP contribution in [0.4, 0.5) is 16.2 Å². The summed E-state index contributed by atoms with van der Waals surface area (Å²) < 4.78 is 38.2. The van der Waals surface area contributed by atoms with E-state index in [2.05, 4.69) is 16.0 Å². The van der Waals surface area contributed by atoms with Gasteiger partial charge in [0, 0.05) is 55.1 Å². The van der Waals surface area contributed by atoms with Crippen molar-refractivity contribution in [2.75, 3.05) is 36.9 Å². The summed E-state index contributed by atoms with van der Waals surface area (Å²) in [6.07, 6.45) is 4.59. The van der Waals surface area contributed by atoms with E-state index >= 15 is 0 Å². The van der Waals surface area contributed by atoms with Gasteiger partial charge in [-0.1, -0.05) is 41.9 Å². The van der Waals surface area contributed by atoms with Gasteiger partial charge in [0.1, 0.15) is 11.1 Å². The van der Waals surface area contributed by atoms with Crippen LogP contribution in [-0.2, 0) is 30.2 Å². The topological polar surface area (TPSA) is 239 Å². The minimum absolute atomic E-state index is 0.00201. The fraction of sp³-hybridized carbons (Fsp3) is 0.417. The number of aliphatic carboxylic acids is 1. The van der Waals surface area contributed by atoms with Gasteiger partial charge in [0.15, 0.2) is 17.2 Å². The normalized spacial score (nSPS) is 20.1. The molecule has 1 aliphatic carbocycles. The number of likely N-dealkylation sites (tertiary alicyclic amines) is 1. The van der Waals surface area contributed by atoms with Gasteiger partial charge in [-0.2, -0.15) is 4.31 Å². The first-order valence-electron chi connectivity index (χ1n) is 22.9. The summed E-state index contributed by atoms with van der Waals surface area (Å²) in [6, 6.07) is 18.9. The molecule has 21 heteroatoms. The van der Waals surface area contributed by atoms with Crippen molar-refractivity contribution in [1.82, 2.24) is 23.7 Å². The molecule has 9 rings (SSSR count). The largest absolute Gasteiger partial charge is 0.479 e. The number of carbonyl (C=O) groups excluding carboxylic acids is 3. The van der Waals surface area contributed by atoms with Crippen LogP contribution >= 0.6 is 22.9 Å². The number of sulfonamides is 1. The monoisotopic (exact) mass is 1000 g/mol. The van der Waals surface area contributed by atoms with Crippen molar-refractivity contribution in [3.8, 4) is 16.2 Å². The van der Waals surface area contributed by atoms with Crippen LogP contribution in [0.25, 0.3) is 21.5 Å². The molecule has 3 aromatic carbocycles. The molecule has 5 aromatic rings. The number of nitrogens with zero attached hydrogens (tertiary/aromatic N) is 4. The number of halogens is 1. The van der Waals surface area contributed by atoms with Crippen LogP contribution in [0, 0.1) is 0 Å². The van der Waals surface area contributed by atoms with Crippen LogP contribution in [0.1, 0.15) is 104 Å². The van der Waals surface area contributed by atoms with Crippen LogP contribution in [0.3, 0.4) is 0 Å². The van der Waals surface area contributed by atoms with Crippen molar-refractivity contribution in [1.29, 1.82) is 0 Å². The summed E-state index contributed by atoms with van der Waals surface area (Å²) in [6.45, 7) is 4.26. The maximum atomic E-state index is 14.1. The van der Waals surface area contributed by atoms with Crippen LogP contribution in [0.2, 0.25) is 5.02 Å². The van der Waals surface area contributed by atoms with Gasteiger partial charge >= 0.3 is 23.7 Å². The lowest BCUT2D eigenvalue weighted by molar-refractivity contribution is -0.139. The molecule has 0 spiro atoms. The molecule has 0 radical (unpaired) electrons. The number of aromatic carboxylic acids is 1. The molecule has 1 saturated carbocycles. The number of urea groups is 1. The number of thiophene rings is 1. The second-order valence-electron chi connectivity index (χ2n) is 18.8. The number of carboxylic acid groups (broad SMARTS) is 2. The van der Waals surface area contributed by atoms with Crippen molar-refractivity contribution in [3.05, 3.63) is 98.2 Å². The Labute approximate surface area is 406 Å². The number of aromatic nitrogens is 2. The average Bonchev–Trinajstić information content (AvgIpc) is 4.01. The van der Waals surface area contributed by atoms with Gasteiger partial charge in [-0.3, -0.25) is 24.0 Å². The number of amides is 4. The summed E-state index contributed by atoms with van der Waals surface area (Å²) >= 11 is 7.41. The molecular formula is C48H52ClN7O11S2. The smallest absolute Gasteiger partial charge is 0.349 e. The minimum atomic E-state index is -3.81. The number of carbonyl (C=O) groups is 5. The zero-order valence-electron chi connectivity index (χ0n) is 37.9. The van der Waals surface area contributed by atoms with Crippen LogP contribution < -0.4 is 26.4 Å². The van der Waals surface area contributed by atoms with Crippen LogP contribution in [0.5, 0.6) is 5.75 Å². The lowest BCUT2D eigenvalue weighted by Gasteiger charge is -2.45. The number of hydrogen-bond acceptors (Lipinski definition) is 11. The van der Waals surface area contributed by atoms with Crippen LogP contribution in [-0.4, -0.2) is 105 Å². The molecule has 5 N–H and O–H groups in total. The predicted molar refractivity (Wildman–Crippen MR) is 260 cm³/mol. The van der Waals surface area contributed by atoms with Crippen molar-refractivity contribution in [2.24, 2.45) is 0 Å². The molecule has 18 nitrogen and oxygen atoms in total. The molecule has 3 aliphatic heterocycles. The highest BCUT2D eigenvalue weighted by molar-refractivity contribution is 7.88. The molecule has 1 unspecified atom stereocenters. The van der Waals surface area contributed by atoms with Crippen LogP contribution in [0.15, 0.2) is 71.5 Å². The highest BCUT2D eigenvalue weighted by Gasteiger charge is 2.42. The van der Waals surface area contributed by atoms with Crippen molar-refractivity contribution >= 4 is 85.2 Å². The average molecular weight is 1000 g/mol. The highest BCUT2D eigenvalue weighted by atomic mass is 35.5. The van der Waals surface area contributed by atoms with E-state index in [1.807, 2.05) is 38.1 Å². The number of imidazole rings is 1. The number of rotatable bonds is 14. The van der Waals surface area contributed by atoms with Gasteiger partial charge < -0.3 is 30.5 Å². The third kappa shape index (κ3) is 9.97. The van der Waals surface area contributed by atoms with Gasteiger partial charge in [0.2, 0.25) is 21.8 Å². The molecule has 364 valence electrons.